The van der Waals surface area contributed by atoms with Crippen molar-refractivity contribution in [3.05, 3.63) is 24.0 Å². The van der Waals surface area contributed by atoms with E-state index in [9.17, 15) is 0 Å². The zero-order valence-electron chi connectivity index (χ0n) is 8.62. The van der Waals surface area contributed by atoms with Gasteiger partial charge in [0.05, 0.1) is 12.2 Å². The van der Waals surface area contributed by atoms with Crippen LogP contribution in [0, 0.1) is 0 Å². The van der Waals surface area contributed by atoms with E-state index in [1.165, 1.54) is 12.8 Å². The van der Waals surface area contributed by atoms with Crippen molar-refractivity contribution < 1.29 is 4.74 Å². The average molecular weight is 194 g/mol. The summed E-state index contributed by atoms with van der Waals surface area (Å²) in [5, 5.41) is 3.35. The van der Waals surface area contributed by atoms with Gasteiger partial charge in [-0.05, 0) is 38.4 Å². The van der Waals surface area contributed by atoms with Crippen LogP contribution in [0.15, 0.2) is 18.3 Å². The van der Waals surface area contributed by atoms with Crippen molar-refractivity contribution in [3.63, 3.8) is 0 Å². The Morgan fingerprint density at radius 3 is 3.14 bits per heavy atom. The Kier molecular flexibility index (Phi) is 3.22. The molecule has 0 spiro atoms. The van der Waals surface area contributed by atoms with Gasteiger partial charge in [-0.25, -0.2) is 0 Å². The highest BCUT2D eigenvalue weighted by Gasteiger charge is 2.17. The van der Waals surface area contributed by atoms with Gasteiger partial charge in [0.1, 0.15) is 0 Å². The SMILES string of the molecule is C[C@@H](O[C@@H]1CCCNC1)c1ccc[nH]1. The van der Waals surface area contributed by atoms with Crippen LogP contribution in [0.25, 0.3) is 0 Å². The van der Waals surface area contributed by atoms with Gasteiger partial charge in [-0.1, -0.05) is 0 Å². The van der Waals surface area contributed by atoms with Gasteiger partial charge in [-0.2, -0.15) is 0 Å². The van der Waals surface area contributed by atoms with Crippen LogP contribution >= 0.6 is 0 Å². The number of hydrogen-bond donors (Lipinski definition) is 2. The molecule has 2 rings (SSSR count). The van der Waals surface area contributed by atoms with E-state index in [1.807, 2.05) is 12.3 Å². The van der Waals surface area contributed by atoms with Crippen LogP contribution < -0.4 is 5.32 Å². The first kappa shape index (κ1) is 9.74. The van der Waals surface area contributed by atoms with Crippen LogP contribution in [-0.4, -0.2) is 24.2 Å². The van der Waals surface area contributed by atoms with Crippen molar-refractivity contribution in [1.82, 2.24) is 10.3 Å². The third kappa shape index (κ3) is 2.36. The van der Waals surface area contributed by atoms with Crippen LogP contribution in [0.3, 0.4) is 0 Å². The van der Waals surface area contributed by atoms with E-state index >= 15 is 0 Å². The number of rotatable bonds is 3. The minimum atomic E-state index is 0.176. The second kappa shape index (κ2) is 4.62. The van der Waals surface area contributed by atoms with Gasteiger partial charge in [0, 0.05) is 18.4 Å². The standard InChI is InChI=1S/C11H18N2O/c1-9(11-5-3-7-13-11)14-10-4-2-6-12-8-10/h3,5,7,9-10,12-13H,2,4,6,8H2,1H3/t9-,10-/m1/s1. The number of ether oxygens (including phenoxy) is 1. The van der Waals surface area contributed by atoms with Crippen LogP contribution in [0.4, 0.5) is 0 Å². The predicted molar refractivity (Wildman–Crippen MR) is 56.2 cm³/mol. The molecule has 0 unspecified atom stereocenters. The van der Waals surface area contributed by atoms with Crippen LogP contribution in [0.5, 0.6) is 0 Å². The minimum absolute atomic E-state index is 0.176. The average Bonchev–Trinajstić information content (AvgIpc) is 2.72. The zero-order chi connectivity index (χ0) is 9.80. The topological polar surface area (TPSA) is 37.0 Å². The van der Waals surface area contributed by atoms with Gasteiger partial charge >= 0.3 is 0 Å². The van der Waals surface area contributed by atoms with E-state index in [0.717, 1.165) is 18.8 Å². The molecule has 0 aromatic carbocycles. The molecule has 2 heterocycles. The Morgan fingerprint density at radius 1 is 1.57 bits per heavy atom. The molecule has 1 aromatic rings. The molecule has 1 aromatic heterocycles. The van der Waals surface area contributed by atoms with E-state index in [0.29, 0.717) is 6.10 Å². The molecular weight excluding hydrogens is 176 g/mol. The largest absolute Gasteiger partial charge is 0.368 e. The van der Waals surface area contributed by atoms with Gasteiger partial charge in [-0.15, -0.1) is 0 Å². The Labute approximate surface area is 84.9 Å². The second-order valence-corrected chi connectivity index (χ2v) is 3.87. The van der Waals surface area contributed by atoms with Gasteiger partial charge < -0.3 is 15.0 Å². The summed E-state index contributed by atoms with van der Waals surface area (Å²) in [7, 11) is 0. The summed E-state index contributed by atoms with van der Waals surface area (Å²) in [6, 6.07) is 4.08. The number of aromatic nitrogens is 1. The zero-order valence-corrected chi connectivity index (χ0v) is 8.62. The van der Waals surface area contributed by atoms with Gasteiger partial charge in [0.2, 0.25) is 0 Å². The normalized spacial score (nSPS) is 24.8. The van der Waals surface area contributed by atoms with E-state index in [-0.39, 0.29) is 6.10 Å². The van der Waals surface area contributed by atoms with Crippen molar-refractivity contribution in [3.8, 4) is 0 Å². The fraction of sp³-hybridized carbons (Fsp3) is 0.636. The number of nitrogens with one attached hydrogen (secondary N) is 2. The molecule has 1 aliphatic heterocycles. The van der Waals surface area contributed by atoms with Gasteiger partial charge in [-0.3, -0.25) is 0 Å². The lowest BCUT2D eigenvalue weighted by molar-refractivity contribution is -0.0167. The first-order chi connectivity index (χ1) is 6.86. The molecule has 1 aliphatic rings. The summed E-state index contributed by atoms with van der Waals surface area (Å²) < 4.78 is 5.94. The summed E-state index contributed by atoms with van der Waals surface area (Å²) in [5.74, 6) is 0. The maximum Gasteiger partial charge on any atom is 0.0948 e. The highest BCUT2D eigenvalue weighted by Crippen LogP contribution is 2.19. The first-order valence-electron chi connectivity index (χ1n) is 5.36. The first-order valence-corrected chi connectivity index (χ1v) is 5.36. The maximum absolute atomic E-state index is 5.94. The molecule has 1 fully saturated rings. The van der Waals surface area contributed by atoms with Gasteiger partial charge in [0.25, 0.3) is 0 Å². The number of piperidine rings is 1. The Morgan fingerprint density at radius 2 is 2.50 bits per heavy atom. The number of H-pyrrole nitrogens is 1. The van der Waals surface area contributed by atoms with E-state index < -0.39 is 0 Å². The molecule has 3 heteroatoms. The van der Waals surface area contributed by atoms with Crippen molar-refractivity contribution in [2.45, 2.75) is 32.0 Å². The van der Waals surface area contributed by atoms with E-state index in [4.69, 9.17) is 4.74 Å². The lowest BCUT2D eigenvalue weighted by Gasteiger charge is -2.26. The molecule has 2 N–H and O–H groups in total. The third-order valence-electron chi connectivity index (χ3n) is 2.71. The molecule has 0 radical (unpaired) electrons. The molecule has 0 saturated carbocycles. The molecular formula is C11H18N2O. The fourth-order valence-electron chi connectivity index (χ4n) is 1.90. The second-order valence-electron chi connectivity index (χ2n) is 3.87. The summed E-state index contributed by atoms with van der Waals surface area (Å²) >= 11 is 0. The molecule has 0 bridgehead atoms. The lowest BCUT2D eigenvalue weighted by atomic mass is 10.1. The van der Waals surface area contributed by atoms with Crippen molar-refractivity contribution in [1.29, 1.82) is 0 Å². The van der Waals surface area contributed by atoms with Crippen molar-refractivity contribution >= 4 is 0 Å². The lowest BCUT2D eigenvalue weighted by Crippen LogP contribution is -2.35. The molecule has 0 amide bonds. The van der Waals surface area contributed by atoms with Crippen LogP contribution in [0.2, 0.25) is 0 Å². The Hall–Kier alpha value is -0.800. The van der Waals surface area contributed by atoms with Crippen LogP contribution in [-0.2, 0) is 4.74 Å². The molecule has 14 heavy (non-hydrogen) atoms. The van der Waals surface area contributed by atoms with E-state index in [1.54, 1.807) is 0 Å². The maximum atomic E-state index is 5.94. The van der Waals surface area contributed by atoms with Crippen molar-refractivity contribution in [2.24, 2.45) is 0 Å². The smallest absolute Gasteiger partial charge is 0.0948 e. The molecule has 1 saturated heterocycles. The fourth-order valence-corrected chi connectivity index (χ4v) is 1.90. The third-order valence-corrected chi connectivity index (χ3v) is 2.71. The summed E-state index contributed by atoms with van der Waals surface area (Å²) in [6.45, 7) is 4.22. The summed E-state index contributed by atoms with van der Waals surface area (Å²) in [6.07, 6.45) is 4.89. The summed E-state index contributed by atoms with van der Waals surface area (Å²) in [4.78, 5) is 3.18. The number of aromatic amines is 1. The van der Waals surface area contributed by atoms with Crippen molar-refractivity contribution in [2.75, 3.05) is 13.1 Å². The predicted octanol–water partition coefficient (Wildman–Crippen LogP) is 1.84. The molecule has 0 aliphatic carbocycles. The molecule has 3 nitrogen and oxygen atoms in total. The Bertz CT molecular complexity index is 252. The quantitative estimate of drug-likeness (QED) is 0.770. The van der Waals surface area contributed by atoms with Crippen LogP contribution in [0.1, 0.15) is 31.6 Å². The minimum Gasteiger partial charge on any atom is -0.368 e. The highest BCUT2D eigenvalue weighted by molar-refractivity contribution is 5.06. The molecule has 78 valence electrons. The number of hydrogen-bond acceptors (Lipinski definition) is 2. The highest BCUT2D eigenvalue weighted by atomic mass is 16.5. The Balaban J connectivity index is 1.84. The van der Waals surface area contributed by atoms with Gasteiger partial charge in [0.15, 0.2) is 0 Å². The van der Waals surface area contributed by atoms with E-state index in [2.05, 4.69) is 23.3 Å². The monoisotopic (exact) mass is 194 g/mol. The molecule has 2 atom stereocenters. The summed E-state index contributed by atoms with van der Waals surface area (Å²) in [5.41, 5.74) is 1.16.